The number of hydrogen-bond donors (Lipinski definition) is 1. The fourth-order valence-corrected chi connectivity index (χ4v) is 3.66. The van der Waals surface area contributed by atoms with Crippen molar-refractivity contribution in [2.24, 2.45) is 0 Å². The van der Waals surface area contributed by atoms with E-state index in [0.29, 0.717) is 17.1 Å². The first-order valence-electron chi connectivity index (χ1n) is 8.06. The van der Waals surface area contributed by atoms with Gasteiger partial charge in [-0.15, -0.1) is 11.6 Å². The van der Waals surface area contributed by atoms with Gasteiger partial charge in [-0.2, -0.15) is 0 Å². The maximum atomic E-state index is 11.6. The minimum absolute atomic E-state index is 0.493. The highest BCUT2D eigenvalue weighted by atomic mass is 35.5. The summed E-state index contributed by atoms with van der Waals surface area (Å²) in [6.45, 7) is 2.03. The summed E-state index contributed by atoms with van der Waals surface area (Å²) in [5.41, 5.74) is 4.19. The number of anilines is 1. The molecule has 0 amide bonds. The van der Waals surface area contributed by atoms with Gasteiger partial charge in [0.15, 0.2) is 0 Å². The van der Waals surface area contributed by atoms with E-state index < -0.39 is 10.0 Å². The van der Waals surface area contributed by atoms with Gasteiger partial charge in [0.05, 0.1) is 17.5 Å². The molecule has 1 heterocycles. The average molecular weight is 378 g/mol. The Bertz CT molecular complexity index is 995. The summed E-state index contributed by atoms with van der Waals surface area (Å²) in [6.07, 6.45) is 2.70. The van der Waals surface area contributed by atoms with Crippen LogP contribution in [0.1, 0.15) is 18.3 Å². The number of para-hydroxylation sites is 1. The highest BCUT2D eigenvalue weighted by Crippen LogP contribution is 2.28. The third kappa shape index (κ3) is 3.80. The summed E-state index contributed by atoms with van der Waals surface area (Å²) in [6, 6.07) is 13.7. The molecule has 0 atom stereocenters. The molecule has 0 saturated heterocycles. The lowest BCUT2D eigenvalue weighted by Crippen LogP contribution is -2.09. The van der Waals surface area contributed by atoms with Crippen LogP contribution in [0.5, 0.6) is 0 Å². The Kier molecular flexibility index (Phi) is 5.01. The summed E-state index contributed by atoms with van der Waals surface area (Å²) in [4.78, 5) is 4.67. The van der Waals surface area contributed by atoms with Crippen LogP contribution in [0.4, 0.5) is 5.69 Å². The fourth-order valence-electron chi connectivity index (χ4n) is 2.88. The summed E-state index contributed by atoms with van der Waals surface area (Å²) in [7, 11) is -3.37. The first kappa shape index (κ1) is 17.8. The van der Waals surface area contributed by atoms with Gasteiger partial charge in [-0.25, -0.2) is 13.4 Å². The third-order valence-corrected chi connectivity index (χ3v) is 4.72. The molecule has 0 radical (unpaired) electrons. The van der Waals surface area contributed by atoms with Gasteiger partial charge < -0.3 is 0 Å². The number of aromatic nitrogens is 2. The SMILES string of the molecule is CCc1nc2c(NS(C)(=O)=O)cccc2n1-c1ccc(CCCl)cc1. The Labute approximate surface area is 152 Å². The smallest absolute Gasteiger partial charge is 0.229 e. The molecule has 1 aromatic heterocycles. The number of nitrogens with zero attached hydrogens (tertiary/aromatic N) is 2. The summed E-state index contributed by atoms with van der Waals surface area (Å²) >= 11 is 5.80. The first-order valence-corrected chi connectivity index (χ1v) is 10.5. The number of halogens is 1. The van der Waals surface area contributed by atoms with Gasteiger partial charge in [-0.1, -0.05) is 25.1 Å². The molecule has 0 aliphatic rings. The Balaban J connectivity index is 2.16. The van der Waals surface area contributed by atoms with Crippen LogP contribution < -0.4 is 4.72 Å². The van der Waals surface area contributed by atoms with E-state index in [4.69, 9.17) is 11.6 Å². The Morgan fingerprint density at radius 2 is 1.88 bits per heavy atom. The average Bonchev–Trinajstić information content (AvgIpc) is 2.94. The minimum atomic E-state index is -3.37. The zero-order valence-electron chi connectivity index (χ0n) is 14.2. The molecule has 1 N–H and O–H groups in total. The quantitative estimate of drug-likeness (QED) is 0.665. The van der Waals surface area contributed by atoms with Crippen LogP contribution in [0, 0.1) is 0 Å². The van der Waals surface area contributed by atoms with E-state index in [2.05, 4.69) is 26.4 Å². The van der Waals surface area contributed by atoms with E-state index in [9.17, 15) is 8.42 Å². The van der Waals surface area contributed by atoms with Crippen molar-refractivity contribution in [3.63, 3.8) is 0 Å². The first-order chi connectivity index (χ1) is 11.9. The van der Waals surface area contributed by atoms with Crippen molar-refractivity contribution in [3.05, 3.63) is 53.9 Å². The molecule has 3 rings (SSSR count). The molecule has 0 aliphatic heterocycles. The van der Waals surface area contributed by atoms with Gasteiger partial charge >= 0.3 is 0 Å². The largest absolute Gasteiger partial charge is 0.296 e. The van der Waals surface area contributed by atoms with Crippen molar-refractivity contribution >= 4 is 38.3 Å². The number of hydrogen-bond acceptors (Lipinski definition) is 3. The molecule has 2 aromatic carbocycles. The van der Waals surface area contributed by atoms with Crippen LogP contribution in [0.3, 0.4) is 0 Å². The van der Waals surface area contributed by atoms with Crippen LogP contribution in [-0.4, -0.2) is 30.1 Å². The Hall–Kier alpha value is -2.05. The summed E-state index contributed by atoms with van der Waals surface area (Å²) < 4.78 is 27.8. The topological polar surface area (TPSA) is 64.0 Å². The zero-order chi connectivity index (χ0) is 18.0. The summed E-state index contributed by atoms with van der Waals surface area (Å²) in [5, 5.41) is 0. The third-order valence-electron chi connectivity index (χ3n) is 3.94. The van der Waals surface area contributed by atoms with E-state index in [1.54, 1.807) is 6.07 Å². The number of imidazole rings is 1. The van der Waals surface area contributed by atoms with Crippen LogP contribution >= 0.6 is 11.6 Å². The van der Waals surface area contributed by atoms with Crippen molar-refractivity contribution in [2.75, 3.05) is 16.9 Å². The maximum Gasteiger partial charge on any atom is 0.229 e. The number of sulfonamides is 1. The van der Waals surface area contributed by atoms with Crippen molar-refractivity contribution in [1.82, 2.24) is 9.55 Å². The number of nitrogens with one attached hydrogen (secondary N) is 1. The molecule has 25 heavy (non-hydrogen) atoms. The van der Waals surface area contributed by atoms with E-state index in [0.717, 1.165) is 36.1 Å². The lowest BCUT2D eigenvalue weighted by Gasteiger charge is -2.10. The number of benzene rings is 2. The molecule has 0 fully saturated rings. The van der Waals surface area contributed by atoms with Crippen molar-refractivity contribution < 1.29 is 8.42 Å². The molecule has 7 heteroatoms. The lowest BCUT2D eigenvalue weighted by molar-refractivity contribution is 0.607. The molecule has 132 valence electrons. The fraction of sp³-hybridized carbons (Fsp3) is 0.278. The van der Waals surface area contributed by atoms with E-state index >= 15 is 0 Å². The molecular formula is C18H20ClN3O2S. The van der Waals surface area contributed by atoms with Crippen molar-refractivity contribution in [3.8, 4) is 5.69 Å². The van der Waals surface area contributed by atoms with Gasteiger partial charge in [-0.3, -0.25) is 9.29 Å². The number of alkyl halides is 1. The highest BCUT2D eigenvalue weighted by Gasteiger charge is 2.15. The maximum absolute atomic E-state index is 11.6. The standard InChI is InChI=1S/C18H20ClN3O2S/c1-3-17-20-18-15(21-25(2,23)24)5-4-6-16(18)22(17)14-9-7-13(8-10-14)11-12-19/h4-10,21H,3,11-12H2,1-2H3. The van der Waals surface area contributed by atoms with Crippen molar-refractivity contribution in [1.29, 1.82) is 0 Å². The van der Waals surface area contributed by atoms with Gasteiger partial charge in [-0.05, 0) is 36.2 Å². The number of aryl methyl sites for hydroxylation is 2. The van der Waals surface area contributed by atoms with Gasteiger partial charge in [0, 0.05) is 18.0 Å². The normalized spacial score (nSPS) is 11.8. The second-order valence-electron chi connectivity index (χ2n) is 5.87. The second kappa shape index (κ2) is 7.06. The minimum Gasteiger partial charge on any atom is -0.296 e. The van der Waals surface area contributed by atoms with Gasteiger partial charge in [0.25, 0.3) is 0 Å². The van der Waals surface area contributed by atoms with Crippen LogP contribution in [0.2, 0.25) is 0 Å². The molecule has 0 spiro atoms. The molecule has 0 bridgehead atoms. The Morgan fingerprint density at radius 1 is 1.16 bits per heavy atom. The highest BCUT2D eigenvalue weighted by molar-refractivity contribution is 7.92. The molecule has 0 saturated carbocycles. The van der Waals surface area contributed by atoms with Crippen LogP contribution in [-0.2, 0) is 22.9 Å². The van der Waals surface area contributed by atoms with Crippen LogP contribution in [0.15, 0.2) is 42.5 Å². The van der Waals surface area contributed by atoms with Gasteiger partial charge in [0.1, 0.15) is 11.3 Å². The molecule has 0 aliphatic carbocycles. The Morgan fingerprint density at radius 3 is 2.48 bits per heavy atom. The molecule has 3 aromatic rings. The number of fused-ring (bicyclic) bond motifs is 1. The van der Waals surface area contributed by atoms with E-state index in [1.807, 2.05) is 31.2 Å². The molecular weight excluding hydrogens is 358 g/mol. The summed E-state index contributed by atoms with van der Waals surface area (Å²) in [5.74, 6) is 1.47. The predicted octanol–water partition coefficient (Wildman–Crippen LogP) is 3.74. The van der Waals surface area contributed by atoms with Gasteiger partial charge in [0.2, 0.25) is 10.0 Å². The molecule has 0 unspecified atom stereocenters. The van der Waals surface area contributed by atoms with E-state index in [1.165, 1.54) is 5.56 Å². The van der Waals surface area contributed by atoms with Crippen LogP contribution in [0.25, 0.3) is 16.7 Å². The lowest BCUT2D eigenvalue weighted by atomic mass is 10.1. The second-order valence-corrected chi connectivity index (χ2v) is 8.00. The van der Waals surface area contributed by atoms with E-state index in [-0.39, 0.29) is 0 Å². The number of rotatable bonds is 6. The molecule has 5 nitrogen and oxygen atoms in total. The van der Waals surface area contributed by atoms with Crippen molar-refractivity contribution in [2.45, 2.75) is 19.8 Å². The zero-order valence-corrected chi connectivity index (χ0v) is 15.7. The monoisotopic (exact) mass is 377 g/mol. The predicted molar refractivity (Wildman–Crippen MR) is 103 cm³/mol.